The summed E-state index contributed by atoms with van der Waals surface area (Å²) in [5, 5.41) is 0. The molecule has 1 aliphatic rings. The summed E-state index contributed by atoms with van der Waals surface area (Å²) in [5.74, 6) is 0. The van der Waals surface area contributed by atoms with Crippen molar-refractivity contribution in [3.05, 3.63) is 0 Å². The second-order valence-electron chi connectivity index (χ2n) is 2.32. The van der Waals surface area contributed by atoms with Crippen molar-refractivity contribution in [1.82, 2.24) is 4.90 Å². The Morgan fingerprint density at radius 2 is 1.88 bits per heavy atom. The molecular weight excluding hydrogens is 122 g/mol. The molecule has 2 heteroatoms. The molecule has 0 amide bonds. The maximum absolute atomic E-state index is 5.81. The molecule has 0 aromatic heterocycles. The SMILES string of the molecule is C[C@@H](Cl)N1CCCC1. The molecular formula is C6H12ClN. The van der Waals surface area contributed by atoms with E-state index in [1.54, 1.807) is 0 Å². The van der Waals surface area contributed by atoms with E-state index in [0.717, 1.165) is 0 Å². The number of hydrogen-bond donors (Lipinski definition) is 0. The quantitative estimate of drug-likeness (QED) is 0.389. The summed E-state index contributed by atoms with van der Waals surface area (Å²) < 4.78 is 0. The third-order valence-corrected chi connectivity index (χ3v) is 1.92. The van der Waals surface area contributed by atoms with Gasteiger partial charge in [-0.15, -0.1) is 11.6 Å². The van der Waals surface area contributed by atoms with E-state index in [4.69, 9.17) is 11.6 Å². The fourth-order valence-electron chi connectivity index (χ4n) is 1.10. The molecule has 0 radical (unpaired) electrons. The van der Waals surface area contributed by atoms with Crippen LogP contribution in [0.5, 0.6) is 0 Å². The van der Waals surface area contributed by atoms with Gasteiger partial charge in [0.15, 0.2) is 0 Å². The lowest BCUT2D eigenvalue weighted by Crippen LogP contribution is -2.24. The summed E-state index contributed by atoms with van der Waals surface area (Å²) in [4.78, 5) is 2.29. The minimum absolute atomic E-state index is 0.248. The molecule has 1 heterocycles. The van der Waals surface area contributed by atoms with Gasteiger partial charge in [0.05, 0.1) is 5.50 Å². The van der Waals surface area contributed by atoms with Crippen molar-refractivity contribution in [2.24, 2.45) is 0 Å². The Morgan fingerprint density at radius 3 is 2.12 bits per heavy atom. The average Bonchev–Trinajstić information content (AvgIpc) is 2.12. The van der Waals surface area contributed by atoms with Gasteiger partial charge in [0, 0.05) is 0 Å². The van der Waals surface area contributed by atoms with E-state index in [2.05, 4.69) is 4.90 Å². The fourth-order valence-corrected chi connectivity index (χ4v) is 1.29. The first kappa shape index (κ1) is 6.37. The number of nitrogens with zero attached hydrogens (tertiary/aromatic N) is 1. The monoisotopic (exact) mass is 133 g/mol. The number of alkyl halides is 1. The van der Waals surface area contributed by atoms with Crippen molar-refractivity contribution in [2.75, 3.05) is 13.1 Å². The van der Waals surface area contributed by atoms with Gasteiger partial charge in [-0.1, -0.05) is 0 Å². The van der Waals surface area contributed by atoms with Crippen LogP contribution < -0.4 is 0 Å². The minimum atomic E-state index is 0.248. The van der Waals surface area contributed by atoms with Crippen molar-refractivity contribution >= 4 is 11.6 Å². The molecule has 1 atom stereocenters. The molecule has 1 aliphatic heterocycles. The zero-order valence-corrected chi connectivity index (χ0v) is 5.99. The molecule has 0 saturated carbocycles. The highest BCUT2D eigenvalue weighted by atomic mass is 35.5. The van der Waals surface area contributed by atoms with E-state index in [9.17, 15) is 0 Å². The lowest BCUT2D eigenvalue weighted by molar-refractivity contribution is 0.327. The standard InChI is InChI=1S/C6H12ClN/c1-6(7)8-4-2-3-5-8/h6H,2-5H2,1H3/t6-/m0/s1. The third kappa shape index (κ3) is 1.36. The second kappa shape index (κ2) is 2.70. The van der Waals surface area contributed by atoms with Gasteiger partial charge in [-0.3, -0.25) is 4.90 Å². The summed E-state index contributed by atoms with van der Waals surface area (Å²) in [6, 6.07) is 0. The predicted molar refractivity (Wildman–Crippen MR) is 36.1 cm³/mol. The van der Waals surface area contributed by atoms with Gasteiger partial charge in [0.2, 0.25) is 0 Å². The summed E-state index contributed by atoms with van der Waals surface area (Å²) >= 11 is 5.81. The topological polar surface area (TPSA) is 3.24 Å². The lowest BCUT2D eigenvalue weighted by atomic mass is 10.4. The Balaban J connectivity index is 2.24. The van der Waals surface area contributed by atoms with Crippen LogP contribution in [0.4, 0.5) is 0 Å². The van der Waals surface area contributed by atoms with Crippen LogP contribution in [0.15, 0.2) is 0 Å². The molecule has 0 bridgehead atoms. The highest BCUT2D eigenvalue weighted by molar-refractivity contribution is 6.20. The molecule has 1 saturated heterocycles. The second-order valence-corrected chi connectivity index (χ2v) is 2.95. The van der Waals surface area contributed by atoms with Gasteiger partial charge in [0.1, 0.15) is 0 Å². The Morgan fingerprint density at radius 1 is 1.38 bits per heavy atom. The van der Waals surface area contributed by atoms with Crippen molar-refractivity contribution in [1.29, 1.82) is 0 Å². The van der Waals surface area contributed by atoms with E-state index in [0.29, 0.717) is 0 Å². The molecule has 0 spiro atoms. The van der Waals surface area contributed by atoms with Crippen molar-refractivity contribution in [3.8, 4) is 0 Å². The first-order chi connectivity index (χ1) is 3.80. The molecule has 0 unspecified atom stereocenters. The number of rotatable bonds is 1. The Kier molecular flexibility index (Phi) is 2.15. The molecule has 48 valence electrons. The van der Waals surface area contributed by atoms with Crippen LogP contribution in [-0.2, 0) is 0 Å². The third-order valence-electron chi connectivity index (χ3n) is 1.64. The van der Waals surface area contributed by atoms with Gasteiger partial charge in [-0.2, -0.15) is 0 Å². The van der Waals surface area contributed by atoms with Gasteiger partial charge in [-0.25, -0.2) is 0 Å². The Bertz CT molecular complexity index is 66.9. The van der Waals surface area contributed by atoms with Crippen LogP contribution in [0.25, 0.3) is 0 Å². The molecule has 1 rings (SSSR count). The summed E-state index contributed by atoms with van der Waals surface area (Å²) in [5.41, 5.74) is 0.248. The summed E-state index contributed by atoms with van der Waals surface area (Å²) in [6.45, 7) is 4.43. The Labute approximate surface area is 55.6 Å². The predicted octanol–water partition coefficient (Wildman–Crippen LogP) is 1.67. The van der Waals surface area contributed by atoms with E-state index in [-0.39, 0.29) is 5.50 Å². The smallest absolute Gasteiger partial charge is 0.0821 e. The largest absolute Gasteiger partial charge is 0.288 e. The van der Waals surface area contributed by atoms with Gasteiger partial charge in [-0.05, 0) is 32.9 Å². The summed E-state index contributed by atoms with van der Waals surface area (Å²) in [6.07, 6.45) is 2.66. The number of halogens is 1. The average molecular weight is 134 g/mol. The molecule has 0 aromatic carbocycles. The molecule has 1 nitrogen and oxygen atoms in total. The molecule has 0 aliphatic carbocycles. The Hall–Kier alpha value is 0.250. The normalized spacial score (nSPS) is 26.2. The van der Waals surface area contributed by atoms with Crippen LogP contribution in [0.2, 0.25) is 0 Å². The van der Waals surface area contributed by atoms with Crippen molar-refractivity contribution in [2.45, 2.75) is 25.3 Å². The highest BCUT2D eigenvalue weighted by Crippen LogP contribution is 2.12. The zero-order chi connectivity index (χ0) is 5.98. The van der Waals surface area contributed by atoms with Crippen LogP contribution in [0.1, 0.15) is 19.8 Å². The van der Waals surface area contributed by atoms with Crippen LogP contribution in [0, 0.1) is 0 Å². The van der Waals surface area contributed by atoms with Crippen molar-refractivity contribution < 1.29 is 0 Å². The lowest BCUT2D eigenvalue weighted by Gasteiger charge is -2.16. The maximum Gasteiger partial charge on any atom is 0.0821 e. The molecule has 8 heavy (non-hydrogen) atoms. The van der Waals surface area contributed by atoms with Crippen molar-refractivity contribution in [3.63, 3.8) is 0 Å². The van der Waals surface area contributed by atoms with E-state index in [1.807, 2.05) is 6.92 Å². The minimum Gasteiger partial charge on any atom is -0.288 e. The maximum atomic E-state index is 5.81. The van der Waals surface area contributed by atoms with E-state index >= 15 is 0 Å². The van der Waals surface area contributed by atoms with Crippen LogP contribution in [-0.4, -0.2) is 23.5 Å². The number of likely N-dealkylation sites (tertiary alicyclic amines) is 1. The molecule has 0 N–H and O–H groups in total. The zero-order valence-electron chi connectivity index (χ0n) is 5.23. The van der Waals surface area contributed by atoms with Crippen LogP contribution in [0.3, 0.4) is 0 Å². The fraction of sp³-hybridized carbons (Fsp3) is 1.00. The van der Waals surface area contributed by atoms with E-state index < -0.39 is 0 Å². The molecule has 1 fully saturated rings. The first-order valence-corrected chi connectivity index (χ1v) is 3.62. The number of hydrogen-bond acceptors (Lipinski definition) is 1. The highest BCUT2D eigenvalue weighted by Gasteiger charge is 2.14. The van der Waals surface area contributed by atoms with E-state index in [1.165, 1.54) is 25.9 Å². The van der Waals surface area contributed by atoms with Gasteiger partial charge in [0.25, 0.3) is 0 Å². The molecule has 0 aromatic rings. The van der Waals surface area contributed by atoms with Gasteiger partial charge < -0.3 is 0 Å². The van der Waals surface area contributed by atoms with Gasteiger partial charge >= 0.3 is 0 Å². The van der Waals surface area contributed by atoms with Crippen LogP contribution >= 0.6 is 11.6 Å². The first-order valence-electron chi connectivity index (χ1n) is 3.19. The summed E-state index contributed by atoms with van der Waals surface area (Å²) in [7, 11) is 0.